The van der Waals surface area contributed by atoms with Gasteiger partial charge in [0.1, 0.15) is 29.9 Å². The fourth-order valence-electron chi connectivity index (χ4n) is 3.23. The van der Waals surface area contributed by atoms with Crippen molar-refractivity contribution in [1.29, 1.82) is 0 Å². The van der Waals surface area contributed by atoms with E-state index in [0.29, 0.717) is 28.2 Å². The topological polar surface area (TPSA) is 111 Å². The van der Waals surface area contributed by atoms with Crippen molar-refractivity contribution in [2.75, 3.05) is 0 Å². The van der Waals surface area contributed by atoms with Crippen molar-refractivity contribution in [3.05, 3.63) is 89.5 Å². The monoisotopic (exact) mass is 463 g/mol. The molecule has 176 valence electrons. The predicted molar refractivity (Wildman–Crippen MR) is 123 cm³/mol. The molecule has 3 aromatic rings. The Bertz CT molecular complexity index is 1160. The summed E-state index contributed by atoms with van der Waals surface area (Å²) in [5.41, 5.74) is 1.78. The number of phenolic OH excluding ortho intramolecular Hbond substituents is 1. The summed E-state index contributed by atoms with van der Waals surface area (Å²) in [6, 6.07) is 19.0. The first-order valence-electron chi connectivity index (χ1n) is 10.5. The molecule has 0 radical (unpaired) electrons. The molecule has 0 heterocycles. The van der Waals surface area contributed by atoms with Crippen molar-refractivity contribution in [2.24, 2.45) is 0 Å². The zero-order valence-corrected chi connectivity index (χ0v) is 18.8. The van der Waals surface area contributed by atoms with Crippen LogP contribution in [0, 0.1) is 0 Å². The number of carbonyl (C=O) groups excluding carboxylic acids is 3. The largest absolute Gasteiger partial charge is 0.508 e. The Morgan fingerprint density at radius 1 is 0.794 bits per heavy atom. The fraction of sp³-hybridized carbons (Fsp3) is 0.192. The van der Waals surface area contributed by atoms with Crippen molar-refractivity contribution < 1.29 is 33.7 Å². The number of carbonyl (C=O) groups is 3. The average Bonchev–Trinajstić information content (AvgIpc) is 2.80. The molecule has 0 aliphatic heterocycles. The Balaban J connectivity index is 1.78. The predicted octanol–water partition coefficient (Wildman–Crippen LogP) is 3.82. The van der Waals surface area contributed by atoms with E-state index in [0.717, 1.165) is 0 Å². The van der Waals surface area contributed by atoms with Crippen molar-refractivity contribution in [2.45, 2.75) is 33.0 Å². The summed E-state index contributed by atoms with van der Waals surface area (Å²) in [5.74, 6) is -0.746. The van der Waals surface area contributed by atoms with Crippen LogP contribution in [0.3, 0.4) is 0 Å². The smallest absolute Gasteiger partial charge is 0.328 e. The third-order valence-corrected chi connectivity index (χ3v) is 4.78. The minimum Gasteiger partial charge on any atom is -0.508 e. The molecule has 2 N–H and O–H groups in total. The number of para-hydroxylation sites is 2. The molecule has 8 heteroatoms. The van der Waals surface area contributed by atoms with Crippen LogP contribution in [0.2, 0.25) is 0 Å². The van der Waals surface area contributed by atoms with Gasteiger partial charge in [-0.3, -0.25) is 14.9 Å². The maximum atomic E-state index is 13.1. The molecule has 3 rings (SSSR count). The molecule has 0 aliphatic carbocycles. The van der Waals surface area contributed by atoms with Gasteiger partial charge in [0.2, 0.25) is 0 Å². The van der Waals surface area contributed by atoms with Gasteiger partial charge in [-0.25, -0.2) is 4.79 Å². The molecule has 0 saturated heterocycles. The van der Waals surface area contributed by atoms with Gasteiger partial charge < -0.3 is 19.3 Å². The van der Waals surface area contributed by atoms with E-state index in [1.807, 2.05) is 0 Å². The summed E-state index contributed by atoms with van der Waals surface area (Å²) in [6.07, 6.45) is 0. The number of rotatable bonds is 9. The Labute approximate surface area is 197 Å². The van der Waals surface area contributed by atoms with Crippen molar-refractivity contribution in [3.8, 4) is 17.2 Å². The van der Waals surface area contributed by atoms with Crippen LogP contribution in [-0.2, 0) is 32.3 Å². The lowest BCUT2D eigenvalue weighted by Gasteiger charge is -2.19. The van der Waals surface area contributed by atoms with Crippen LogP contribution < -0.4 is 14.8 Å². The Morgan fingerprint density at radius 3 is 1.91 bits per heavy atom. The van der Waals surface area contributed by atoms with E-state index in [4.69, 9.17) is 14.2 Å². The number of benzene rings is 3. The average molecular weight is 463 g/mol. The molecule has 1 atom stereocenters. The summed E-state index contributed by atoms with van der Waals surface area (Å²) in [6.45, 7) is 2.70. The molecule has 3 aromatic carbocycles. The second kappa shape index (κ2) is 11.6. The van der Waals surface area contributed by atoms with E-state index in [-0.39, 0.29) is 18.9 Å². The van der Waals surface area contributed by atoms with Crippen molar-refractivity contribution in [1.82, 2.24) is 5.32 Å². The van der Waals surface area contributed by atoms with Crippen LogP contribution in [-0.4, -0.2) is 23.0 Å². The Kier molecular flexibility index (Phi) is 8.37. The molecular formula is C26H25NO7. The first kappa shape index (κ1) is 24.5. The SMILES string of the molecule is CC(=O)Oc1ccccc1CNC(C(=O)OCc1ccccc1OC(C)=O)c1ccc(O)cc1. The quantitative estimate of drug-likeness (QED) is 0.364. The Hall–Kier alpha value is -4.17. The minimum absolute atomic E-state index is 0.0615. The highest BCUT2D eigenvalue weighted by atomic mass is 16.5. The number of ether oxygens (including phenoxy) is 3. The number of aromatic hydroxyl groups is 1. The number of hydrogen-bond acceptors (Lipinski definition) is 8. The highest BCUT2D eigenvalue weighted by Gasteiger charge is 2.23. The van der Waals surface area contributed by atoms with Gasteiger partial charge in [0, 0.05) is 31.5 Å². The second-order valence-corrected chi connectivity index (χ2v) is 7.42. The van der Waals surface area contributed by atoms with Gasteiger partial charge in [-0.15, -0.1) is 0 Å². The van der Waals surface area contributed by atoms with Crippen LogP contribution in [0.5, 0.6) is 17.2 Å². The van der Waals surface area contributed by atoms with Crippen LogP contribution in [0.1, 0.15) is 36.6 Å². The molecule has 0 aliphatic rings. The molecule has 34 heavy (non-hydrogen) atoms. The number of hydrogen-bond donors (Lipinski definition) is 2. The zero-order valence-electron chi connectivity index (χ0n) is 18.8. The third kappa shape index (κ3) is 6.91. The molecule has 0 bridgehead atoms. The summed E-state index contributed by atoms with van der Waals surface area (Å²) in [7, 11) is 0. The lowest BCUT2D eigenvalue weighted by Crippen LogP contribution is -2.30. The van der Waals surface area contributed by atoms with Crippen LogP contribution in [0.25, 0.3) is 0 Å². The van der Waals surface area contributed by atoms with Gasteiger partial charge in [-0.1, -0.05) is 48.5 Å². The summed E-state index contributed by atoms with van der Waals surface area (Å²) in [5, 5.41) is 12.8. The van der Waals surface area contributed by atoms with E-state index in [2.05, 4.69) is 5.32 Å². The van der Waals surface area contributed by atoms with E-state index < -0.39 is 23.9 Å². The number of esters is 3. The highest BCUT2D eigenvalue weighted by molar-refractivity contribution is 5.78. The molecule has 0 saturated carbocycles. The minimum atomic E-state index is -0.883. The first-order chi connectivity index (χ1) is 16.3. The molecule has 0 fully saturated rings. The lowest BCUT2D eigenvalue weighted by molar-refractivity contribution is -0.147. The zero-order chi connectivity index (χ0) is 24.5. The maximum Gasteiger partial charge on any atom is 0.328 e. The van der Waals surface area contributed by atoms with Gasteiger partial charge in [0.15, 0.2) is 0 Å². The van der Waals surface area contributed by atoms with Crippen molar-refractivity contribution >= 4 is 17.9 Å². The van der Waals surface area contributed by atoms with E-state index in [1.54, 1.807) is 60.7 Å². The fourth-order valence-corrected chi connectivity index (χ4v) is 3.23. The molecule has 0 amide bonds. The van der Waals surface area contributed by atoms with Crippen LogP contribution in [0.15, 0.2) is 72.8 Å². The van der Waals surface area contributed by atoms with E-state index in [9.17, 15) is 19.5 Å². The molecular weight excluding hydrogens is 438 g/mol. The summed E-state index contributed by atoms with van der Waals surface area (Å²) in [4.78, 5) is 35.8. The van der Waals surface area contributed by atoms with Gasteiger partial charge in [-0.2, -0.15) is 0 Å². The molecule has 0 spiro atoms. The normalized spacial score (nSPS) is 11.4. The second-order valence-electron chi connectivity index (χ2n) is 7.42. The molecule has 8 nitrogen and oxygen atoms in total. The maximum absolute atomic E-state index is 13.1. The van der Waals surface area contributed by atoms with E-state index in [1.165, 1.54) is 26.0 Å². The summed E-state index contributed by atoms with van der Waals surface area (Å²) < 4.78 is 16.0. The lowest BCUT2D eigenvalue weighted by atomic mass is 10.1. The van der Waals surface area contributed by atoms with Gasteiger partial charge >= 0.3 is 17.9 Å². The number of phenols is 1. The van der Waals surface area contributed by atoms with Gasteiger partial charge in [0.25, 0.3) is 0 Å². The van der Waals surface area contributed by atoms with Gasteiger partial charge in [-0.05, 0) is 29.8 Å². The summed E-state index contributed by atoms with van der Waals surface area (Å²) >= 11 is 0. The number of nitrogens with one attached hydrogen (secondary N) is 1. The van der Waals surface area contributed by atoms with Gasteiger partial charge in [0.05, 0.1) is 0 Å². The first-order valence-corrected chi connectivity index (χ1v) is 10.5. The van der Waals surface area contributed by atoms with Crippen molar-refractivity contribution in [3.63, 3.8) is 0 Å². The highest BCUT2D eigenvalue weighted by Crippen LogP contribution is 2.24. The molecule has 0 aromatic heterocycles. The van der Waals surface area contributed by atoms with Crippen LogP contribution in [0.4, 0.5) is 0 Å². The third-order valence-electron chi connectivity index (χ3n) is 4.78. The van der Waals surface area contributed by atoms with Crippen LogP contribution >= 0.6 is 0 Å². The van der Waals surface area contributed by atoms with E-state index >= 15 is 0 Å². The standard InChI is InChI=1S/C26H25NO7/c1-17(28)33-23-9-5-3-7-20(23)15-27-25(19-11-13-22(30)14-12-19)26(31)32-16-21-8-4-6-10-24(21)34-18(2)29/h3-14,25,27,30H,15-16H2,1-2H3. The Morgan fingerprint density at radius 2 is 1.32 bits per heavy atom. The molecule has 1 unspecified atom stereocenters.